The Labute approximate surface area is 234 Å². The maximum absolute atomic E-state index is 14.0. The largest absolute Gasteiger partial charge is 0.497 e. The zero-order chi connectivity index (χ0) is 28.6. The molecule has 0 bridgehead atoms. The Bertz CT molecular complexity index is 1680. The first-order chi connectivity index (χ1) is 19.2. The Morgan fingerprint density at radius 2 is 1.88 bits per heavy atom. The third-order valence-electron chi connectivity index (χ3n) is 6.97. The molecule has 208 valence electrons. The SMILES string of the molecule is COc1ccc([C@@H]2C(C(=O)OC(C)C)=C(C)N=c3s/c(=C/c4cc([N+](=O)[O-])ccc4N4CCCC4)c(=O)n32)cc1. The number of esters is 1. The van der Waals surface area contributed by atoms with E-state index in [0.29, 0.717) is 31.9 Å². The molecule has 10 nitrogen and oxygen atoms in total. The minimum atomic E-state index is -0.765. The molecule has 2 aliphatic rings. The Morgan fingerprint density at radius 1 is 1.18 bits per heavy atom. The Morgan fingerprint density at radius 3 is 2.50 bits per heavy atom. The number of hydrogen-bond donors (Lipinski definition) is 0. The number of methoxy groups -OCH3 is 1. The standard InChI is InChI=1S/C29H30N4O6S/c1-17(2)39-28(35)25-18(3)30-29-32(26(25)19-7-10-22(38-4)11-8-19)27(34)24(40-29)16-20-15-21(33(36)37)9-12-23(20)31-13-5-6-14-31/h7-12,15-17,26H,5-6,13-14H2,1-4H3/b24-16+/t26-/m1/s1. The number of carbonyl (C=O) groups excluding carboxylic acids is 1. The summed E-state index contributed by atoms with van der Waals surface area (Å²) in [5.41, 5.74) is 2.50. The summed E-state index contributed by atoms with van der Waals surface area (Å²) in [6.07, 6.45) is 3.41. The van der Waals surface area contributed by atoms with Crippen molar-refractivity contribution in [3.8, 4) is 5.75 Å². The van der Waals surface area contributed by atoms with Gasteiger partial charge in [0.25, 0.3) is 11.2 Å². The van der Waals surface area contributed by atoms with Crippen molar-refractivity contribution in [1.82, 2.24) is 4.57 Å². The molecule has 0 radical (unpaired) electrons. The molecule has 40 heavy (non-hydrogen) atoms. The van der Waals surface area contributed by atoms with Crippen LogP contribution in [0.25, 0.3) is 6.08 Å². The monoisotopic (exact) mass is 562 g/mol. The van der Waals surface area contributed by atoms with Gasteiger partial charge in [0.15, 0.2) is 4.80 Å². The van der Waals surface area contributed by atoms with Crippen molar-refractivity contribution >= 4 is 34.8 Å². The number of nitro benzene ring substituents is 1. The fourth-order valence-corrected chi connectivity index (χ4v) is 6.16. The highest BCUT2D eigenvalue weighted by molar-refractivity contribution is 7.07. The number of nitrogens with zero attached hydrogens (tertiary/aromatic N) is 4. The van der Waals surface area contributed by atoms with Crippen LogP contribution in [0.5, 0.6) is 5.75 Å². The summed E-state index contributed by atoms with van der Waals surface area (Å²) in [5, 5.41) is 11.6. The van der Waals surface area contributed by atoms with E-state index in [1.807, 2.05) is 12.1 Å². The van der Waals surface area contributed by atoms with Crippen molar-refractivity contribution in [3.05, 3.63) is 94.7 Å². The molecule has 1 atom stereocenters. The second-order valence-electron chi connectivity index (χ2n) is 10.0. The molecule has 11 heteroatoms. The minimum absolute atomic E-state index is 0.0485. The fraction of sp³-hybridized carbons (Fsp3) is 0.345. The number of non-ortho nitro benzene ring substituents is 1. The summed E-state index contributed by atoms with van der Waals surface area (Å²) in [7, 11) is 1.57. The highest BCUT2D eigenvalue weighted by Gasteiger charge is 2.34. The zero-order valence-electron chi connectivity index (χ0n) is 22.7. The molecular formula is C29H30N4O6S. The van der Waals surface area contributed by atoms with Crippen LogP contribution >= 0.6 is 11.3 Å². The van der Waals surface area contributed by atoms with E-state index in [2.05, 4.69) is 9.89 Å². The van der Waals surface area contributed by atoms with Crippen molar-refractivity contribution < 1.29 is 19.2 Å². The number of rotatable bonds is 7. The van der Waals surface area contributed by atoms with E-state index in [0.717, 1.165) is 31.6 Å². The molecule has 0 unspecified atom stereocenters. The lowest BCUT2D eigenvalue weighted by Gasteiger charge is -2.25. The fourth-order valence-electron chi connectivity index (χ4n) is 5.12. The van der Waals surface area contributed by atoms with Crippen LogP contribution in [-0.4, -0.2) is 41.8 Å². The predicted molar refractivity (Wildman–Crippen MR) is 153 cm³/mol. The number of allylic oxidation sites excluding steroid dienone is 1. The number of fused-ring (bicyclic) bond motifs is 1. The van der Waals surface area contributed by atoms with Gasteiger partial charge in [0, 0.05) is 36.5 Å². The number of benzene rings is 2. The van der Waals surface area contributed by atoms with Gasteiger partial charge in [0.2, 0.25) is 0 Å². The van der Waals surface area contributed by atoms with E-state index in [1.165, 1.54) is 28.0 Å². The number of ether oxygens (including phenoxy) is 2. The van der Waals surface area contributed by atoms with Gasteiger partial charge in [0.1, 0.15) is 5.75 Å². The Kier molecular flexibility index (Phi) is 7.57. The molecule has 3 aromatic rings. The van der Waals surface area contributed by atoms with Crippen LogP contribution in [0, 0.1) is 10.1 Å². The number of thiazole rings is 1. The Balaban J connectivity index is 1.71. The van der Waals surface area contributed by atoms with Crippen LogP contribution in [0.4, 0.5) is 11.4 Å². The van der Waals surface area contributed by atoms with Gasteiger partial charge in [-0.15, -0.1) is 0 Å². The molecule has 0 spiro atoms. The first kappa shape index (κ1) is 27.3. The van der Waals surface area contributed by atoms with Crippen molar-refractivity contribution in [2.75, 3.05) is 25.1 Å². The van der Waals surface area contributed by atoms with Crippen LogP contribution < -0.4 is 24.5 Å². The first-order valence-electron chi connectivity index (χ1n) is 13.1. The number of carbonyl (C=O) groups is 1. The van der Waals surface area contributed by atoms with E-state index < -0.39 is 16.9 Å². The summed E-state index contributed by atoms with van der Waals surface area (Å²) in [4.78, 5) is 45.7. The third-order valence-corrected chi connectivity index (χ3v) is 7.95. The van der Waals surface area contributed by atoms with Gasteiger partial charge in [-0.25, -0.2) is 9.79 Å². The second-order valence-corrected chi connectivity index (χ2v) is 11.0. The van der Waals surface area contributed by atoms with Crippen LogP contribution in [0.15, 0.2) is 63.5 Å². The summed E-state index contributed by atoms with van der Waals surface area (Å²) < 4.78 is 12.7. The lowest BCUT2D eigenvalue weighted by atomic mass is 9.96. The van der Waals surface area contributed by atoms with Gasteiger partial charge < -0.3 is 14.4 Å². The molecular weight excluding hydrogens is 532 g/mol. The lowest BCUT2D eigenvalue weighted by Crippen LogP contribution is -2.40. The van der Waals surface area contributed by atoms with E-state index in [9.17, 15) is 19.7 Å². The number of nitro groups is 1. The van der Waals surface area contributed by atoms with E-state index >= 15 is 0 Å². The molecule has 2 aromatic carbocycles. The minimum Gasteiger partial charge on any atom is -0.497 e. The highest BCUT2D eigenvalue weighted by Crippen LogP contribution is 2.32. The smallest absolute Gasteiger partial charge is 0.338 e. The van der Waals surface area contributed by atoms with Crippen LogP contribution in [0.3, 0.4) is 0 Å². The summed E-state index contributed by atoms with van der Waals surface area (Å²) >= 11 is 1.19. The molecule has 1 fully saturated rings. The lowest BCUT2D eigenvalue weighted by molar-refractivity contribution is -0.384. The quantitative estimate of drug-likeness (QED) is 0.245. The van der Waals surface area contributed by atoms with Gasteiger partial charge in [-0.3, -0.25) is 19.5 Å². The van der Waals surface area contributed by atoms with E-state index in [1.54, 1.807) is 52.2 Å². The Hall–Kier alpha value is -4.25. The molecule has 0 saturated carbocycles. The molecule has 0 N–H and O–H groups in total. The van der Waals surface area contributed by atoms with Crippen molar-refractivity contribution in [1.29, 1.82) is 0 Å². The number of aromatic nitrogens is 1. The number of hydrogen-bond acceptors (Lipinski definition) is 9. The van der Waals surface area contributed by atoms with Gasteiger partial charge in [0.05, 0.1) is 40.0 Å². The van der Waals surface area contributed by atoms with Crippen molar-refractivity contribution in [3.63, 3.8) is 0 Å². The molecule has 0 amide bonds. The topological polar surface area (TPSA) is 116 Å². The van der Waals surface area contributed by atoms with E-state index in [-0.39, 0.29) is 22.9 Å². The van der Waals surface area contributed by atoms with Crippen LogP contribution in [-0.2, 0) is 9.53 Å². The van der Waals surface area contributed by atoms with Gasteiger partial charge in [-0.05, 0) is 63.5 Å². The summed E-state index contributed by atoms with van der Waals surface area (Å²) in [6, 6.07) is 11.2. The maximum atomic E-state index is 14.0. The highest BCUT2D eigenvalue weighted by atomic mass is 32.1. The van der Waals surface area contributed by atoms with Gasteiger partial charge in [-0.1, -0.05) is 23.5 Å². The average Bonchev–Trinajstić information content (AvgIpc) is 3.56. The number of anilines is 1. The van der Waals surface area contributed by atoms with Gasteiger partial charge >= 0.3 is 5.97 Å². The van der Waals surface area contributed by atoms with Crippen molar-refractivity contribution in [2.24, 2.45) is 4.99 Å². The van der Waals surface area contributed by atoms with Crippen molar-refractivity contribution in [2.45, 2.75) is 45.8 Å². The predicted octanol–water partition coefficient (Wildman–Crippen LogP) is 3.70. The average molecular weight is 563 g/mol. The second kappa shape index (κ2) is 11.1. The molecule has 1 saturated heterocycles. The summed E-state index contributed by atoms with van der Waals surface area (Å²) in [6.45, 7) is 6.96. The van der Waals surface area contributed by atoms with E-state index in [4.69, 9.17) is 9.47 Å². The maximum Gasteiger partial charge on any atom is 0.338 e. The normalized spacial score (nSPS) is 17.2. The van der Waals surface area contributed by atoms with Crippen LogP contribution in [0.1, 0.15) is 50.8 Å². The summed E-state index contributed by atoms with van der Waals surface area (Å²) in [5.74, 6) is 0.102. The molecule has 0 aliphatic carbocycles. The van der Waals surface area contributed by atoms with Crippen LogP contribution in [0.2, 0.25) is 0 Å². The first-order valence-corrected chi connectivity index (χ1v) is 13.9. The molecule has 5 rings (SSSR count). The molecule has 2 aliphatic heterocycles. The van der Waals surface area contributed by atoms with Gasteiger partial charge in [-0.2, -0.15) is 0 Å². The third kappa shape index (κ3) is 5.16. The zero-order valence-corrected chi connectivity index (χ0v) is 23.6. The molecule has 1 aromatic heterocycles. The molecule has 3 heterocycles.